The average Bonchev–Trinajstić information content (AvgIpc) is 2.04. The Morgan fingerprint density at radius 1 is 1.27 bits per heavy atom. The topological polar surface area (TPSA) is 0 Å². The Morgan fingerprint density at radius 2 is 1.91 bits per heavy atom. The molecule has 0 radical (unpaired) electrons. The number of benzene rings is 1. The molecule has 1 heteroatoms. The van der Waals surface area contributed by atoms with Crippen LogP contribution in [0.3, 0.4) is 0 Å². The van der Waals surface area contributed by atoms with Crippen LogP contribution < -0.4 is 5.30 Å². The molecule has 0 unspecified atom stereocenters. The molecule has 1 aromatic rings. The Bertz CT molecular complexity index is 251. The van der Waals surface area contributed by atoms with Crippen molar-refractivity contribution in [3.63, 3.8) is 0 Å². The van der Waals surface area contributed by atoms with Crippen molar-refractivity contribution in [3.05, 3.63) is 36.4 Å². The Labute approximate surface area is 69.7 Å². The molecule has 0 aliphatic rings. The Morgan fingerprint density at radius 3 is 2.36 bits per heavy atom. The van der Waals surface area contributed by atoms with E-state index in [0.717, 1.165) is 0 Å². The molecule has 0 aromatic heterocycles. The number of hydrogen-bond donors (Lipinski definition) is 0. The van der Waals surface area contributed by atoms with E-state index >= 15 is 0 Å². The Kier molecular flexibility index (Phi) is 2.84. The minimum Gasteiger partial charge on any atom is -0.0984 e. The highest BCUT2D eigenvalue weighted by atomic mass is 31.1. The summed E-state index contributed by atoms with van der Waals surface area (Å²) in [6.45, 7) is 8.31. The second-order valence-corrected chi connectivity index (χ2v) is 4.93. The first-order valence-electron chi connectivity index (χ1n) is 3.64. The van der Waals surface area contributed by atoms with E-state index in [-0.39, 0.29) is 7.92 Å². The van der Waals surface area contributed by atoms with Crippen LogP contribution in [0.5, 0.6) is 0 Å². The van der Waals surface area contributed by atoms with Crippen LogP contribution in [0, 0.1) is 0 Å². The van der Waals surface area contributed by atoms with Crippen LogP contribution in [0.1, 0.15) is 5.56 Å². The first-order chi connectivity index (χ1) is 5.25. The number of hydrogen-bond acceptors (Lipinski definition) is 0. The molecule has 11 heavy (non-hydrogen) atoms. The third kappa shape index (κ3) is 1.91. The molecule has 0 atom stereocenters. The van der Waals surface area contributed by atoms with Gasteiger partial charge in [0.15, 0.2) is 0 Å². The van der Waals surface area contributed by atoms with Gasteiger partial charge < -0.3 is 0 Å². The maximum Gasteiger partial charge on any atom is -0.0174 e. The fraction of sp³-hybridized carbons (Fsp3) is 0.200. The predicted octanol–water partition coefficient (Wildman–Crippen LogP) is 2.70. The molecule has 0 spiro atoms. The van der Waals surface area contributed by atoms with E-state index in [1.54, 1.807) is 0 Å². The summed E-state index contributed by atoms with van der Waals surface area (Å²) in [5, 5.41) is 1.44. The van der Waals surface area contributed by atoms with Crippen molar-refractivity contribution in [3.8, 4) is 0 Å². The zero-order valence-corrected chi connectivity index (χ0v) is 7.94. The van der Waals surface area contributed by atoms with Crippen molar-refractivity contribution >= 4 is 19.3 Å². The second kappa shape index (κ2) is 3.69. The van der Waals surface area contributed by atoms with Crippen LogP contribution in [0.25, 0.3) is 6.08 Å². The van der Waals surface area contributed by atoms with Gasteiger partial charge in [-0.15, -0.1) is 0 Å². The lowest BCUT2D eigenvalue weighted by Gasteiger charge is -2.08. The highest BCUT2D eigenvalue weighted by Gasteiger charge is 2.00. The molecule has 0 saturated heterocycles. The fourth-order valence-electron chi connectivity index (χ4n) is 1.07. The van der Waals surface area contributed by atoms with Gasteiger partial charge in [-0.05, 0) is 24.2 Å². The SMILES string of the molecule is C=Cc1ccccc1P(C)C. The maximum atomic E-state index is 3.78. The van der Waals surface area contributed by atoms with Gasteiger partial charge in [0.25, 0.3) is 0 Å². The molecule has 1 rings (SSSR count). The van der Waals surface area contributed by atoms with Crippen LogP contribution in [0.15, 0.2) is 30.8 Å². The molecule has 58 valence electrons. The molecule has 0 saturated carbocycles. The van der Waals surface area contributed by atoms with Crippen molar-refractivity contribution < 1.29 is 0 Å². The van der Waals surface area contributed by atoms with Crippen molar-refractivity contribution in [1.29, 1.82) is 0 Å². The third-order valence-electron chi connectivity index (χ3n) is 1.64. The fourth-order valence-corrected chi connectivity index (χ4v) is 2.13. The van der Waals surface area contributed by atoms with E-state index in [4.69, 9.17) is 0 Å². The van der Waals surface area contributed by atoms with E-state index in [0.29, 0.717) is 0 Å². The molecule has 1 aromatic carbocycles. The Hall–Kier alpha value is -0.610. The first-order valence-corrected chi connectivity index (χ1v) is 5.88. The molecule has 0 N–H and O–H groups in total. The molecular weight excluding hydrogens is 151 g/mol. The molecule has 0 amide bonds. The Balaban J connectivity index is 3.12. The molecule has 0 nitrogen and oxygen atoms in total. The van der Waals surface area contributed by atoms with Gasteiger partial charge >= 0.3 is 0 Å². The molecule has 0 heterocycles. The second-order valence-electron chi connectivity index (χ2n) is 2.66. The smallest absolute Gasteiger partial charge is 0.0174 e. The summed E-state index contributed by atoms with van der Waals surface area (Å²) < 4.78 is 0. The van der Waals surface area contributed by atoms with Gasteiger partial charge in [-0.1, -0.05) is 44.8 Å². The zero-order valence-electron chi connectivity index (χ0n) is 7.04. The summed E-state index contributed by atoms with van der Waals surface area (Å²) in [7, 11) is 0.00655. The normalized spacial score (nSPS) is 10.1. The largest absolute Gasteiger partial charge is 0.0984 e. The number of rotatable bonds is 2. The summed E-state index contributed by atoms with van der Waals surface area (Å²) in [5.41, 5.74) is 1.28. The molecular formula is C10H13P. The summed E-state index contributed by atoms with van der Waals surface area (Å²) in [4.78, 5) is 0. The van der Waals surface area contributed by atoms with Gasteiger partial charge in [-0.25, -0.2) is 0 Å². The van der Waals surface area contributed by atoms with Crippen molar-refractivity contribution in [2.75, 3.05) is 13.3 Å². The van der Waals surface area contributed by atoms with E-state index in [1.807, 2.05) is 6.08 Å². The average molecular weight is 164 g/mol. The molecule has 0 bridgehead atoms. The summed E-state index contributed by atoms with van der Waals surface area (Å²) in [6.07, 6.45) is 1.93. The highest BCUT2D eigenvalue weighted by Crippen LogP contribution is 2.25. The quantitative estimate of drug-likeness (QED) is 0.589. The summed E-state index contributed by atoms with van der Waals surface area (Å²) in [6, 6.07) is 8.44. The van der Waals surface area contributed by atoms with Crippen molar-refractivity contribution in [2.24, 2.45) is 0 Å². The lowest BCUT2D eigenvalue weighted by Crippen LogP contribution is -2.02. The summed E-state index contributed by atoms with van der Waals surface area (Å²) in [5.74, 6) is 0. The third-order valence-corrected chi connectivity index (χ3v) is 3.01. The van der Waals surface area contributed by atoms with Gasteiger partial charge in [-0.3, -0.25) is 0 Å². The van der Waals surface area contributed by atoms with Crippen LogP contribution >= 0.6 is 7.92 Å². The maximum absolute atomic E-state index is 3.78. The van der Waals surface area contributed by atoms with Crippen LogP contribution in [0.4, 0.5) is 0 Å². The van der Waals surface area contributed by atoms with E-state index in [1.165, 1.54) is 10.9 Å². The lowest BCUT2D eigenvalue weighted by molar-refractivity contribution is 1.72. The standard InChI is InChI=1S/C10H13P/c1-4-9-7-5-6-8-10(9)11(2)3/h4-8H,1H2,2-3H3. The minimum absolute atomic E-state index is 0.00655. The van der Waals surface area contributed by atoms with Crippen LogP contribution in [0.2, 0.25) is 0 Å². The van der Waals surface area contributed by atoms with Gasteiger partial charge in [0, 0.05) is 0 Å². The minimum atomic E-state index is 0.00655. The van der Waals surface area contributed by atoms with E-state index < -0.39 is 0 Å². The molecule has 0 fully saturated rings. The highest BCUT2D eigenvalue weighted by molar-refractivity contribution is 7.64. The van der Waals surface area contributed by atoms with Crippen LogP contribution in [-0.4, -0.2) is 13.3 Å². The predicted molar refractivity (Wildman–Crippen MR) is 54.9 cm³/mol. The van der Waals surface area contributed by atoms with Gasteiger partial charge in [0.2, 0.25) is 0 Å². The van der Waals surface area contributed by atoms with Crippen molar-refractivity contribution in [2.45, 2.75) is 0 Å². The lowest BCUT2D eigenvalue weighted by atomic mass is 10.2. The van der Waals surface area contributed by atoms with Gasteiger partial charge in [-0.2, -0.15) is 0 Å². The van der Waals surface area contributed by atoms with E-state index in [9.17, 15) is 0 Å². The van der Waals surface area contributed by atoms with Gasteiger partial charge in [0.1, 0.15) is 0 Å². The van der Waals surface area contributed by atoms with E-state index in [2.05, 4.69) is 44.2 Å². The van der Waals surface area contributed by atoms with Crippen molar-refractivity contribution in [1.82, 2.24) is 0 Å². The zero-order chi connectivity index (χ0) is 8.27. The molecule has 0 aliphatic carbocycles. The monoisotopic (exact) mass is 164 g/mol. The van der Waals surface area contributed by atoms with Crippen LogP contribution in [-0.2, 0) is 0 Å². The summed E-state index contributed by atoms with van der Waals surface area (Å²) >= 11 is 0. The first kappa shape index (κ1) is 8.49. The molecule has 0 aliphatic heterocycles. The van der Waals surface area contributed by atoms with Gasteiger partial charge in [0.05, 0.1) is 0 Å².